The molecule has 0 saturated carbocycles. The second-order valence-corrected chi connectivity index (χ2v) is 5.26. The van der Waals surface area contributed by atoms with Crippen molar-refractivity contribution in [2.24, 2.45) is 0 Å². The van der Waals surface area contributed by atoms with Crippen LogP contribution in [-0.4, -0.2) is 37.2 Å². The number of esters is 3. The van der Waals surface area contributed by atoms with Crippen LogP contribution in [0.15, 0.2) is 30.3 Å². The molecule has 0 fully saturated rings. The molecule has 0 aliphatic heterocycles. The fraction of sp³-hybridized carbons (Fsp3) is 0.500. The van der Waals surface area contributed by atoms with Gasteiger partial charge in [0.15, 0.2) is 6.10 Å². The number of benzene rings is 1. The van der Waals surface area contributed by atoms with Crippen LogP contribution in [0.3, 0.4) is 0 Å². The molecule has 132 valence electrons. The quantitative estimate of drug-likeness (QED) is 0.483. The van der Waals surface area contributed by atoms with Crippen LogP contribution in [0.4, 0.5) is 0 Å². The topological polar surface area (TPSA) is 78.9 Å². The van der Waals surface area contributed by atoms with E-state index in [2.05, 4.69) is 0 Å². The Morgan fingerprint density at radius 2 is 1.46 bits per heavy atom. The zero-order valence-electron chi connectivity index (χ0n) is 14.2. The predicted octanol–water partition coefficient (Wildman–Crippen LogP) is 2.90. The molecule has 1 atom stereocenters. The number of carbonyl (C=O) groups excluding carboxylic acids is 3. The third-order valence-electron chi connectivity index (χ3n) is 3.05. The van der Waals surface area contributed by atoms with Crippen molar-refractivity contribution in [2.75, 3.05) is 13.2 Å². The van der Waals surface area contributed by atoms with Crippen molar-refractivity contribution in [1.29, 1.82) is 0 Å². The second kappa shape index (κ2) is 11.2. The van der Waals surface area contributed by atoms with Gasteiger partial charge in [-0.1, -0.05) is 32.0 Å². The van der Waals surface area contributed by atoms with Gasteiger partial charge in [0.1, 0.15) is 13.2 Å². The first-order valence-corrected chi connectivity index (χ1v) is 8.14. The van der Waals surface area contributed by atoms with Crippen molar-refractivity contribution in [2.45, 2.75) is 45.6 Å². The maximum atomic E-state index is 11.9. The first-order chi connectivity index (χ1) is 11.6. The van der Waals surface area contributed by atoms with Gasteiger partial charge in [-0.15, -0.1) is 0 Å². The van der Waals surface area contributed by atoms with Crippen molar-refractivity contribution in [3.05, 3.63) is 35.9 Å². The fourth-order valence-electron chi connectivity index (χ4n) is 1.85. The van der Waals surface area contributed by atoms with Crippen molar-refractivity contribution >= 4 is 17.9 Å². The summed E-state index contributed by atoms with van der Waals surface area (Å²) in [6.45, 7) is 3.42. The Morgan fingerprint density at radius 3 is 2.08 bits per heavy atom. The summed E-state index contributed by atoms with van der Waals surface area (Å²) >= 11 is 0. The van der Waals surface area contributed by atoms with Gasteiger partial charge in [-0.25, -0.2) is 4.79 Å². The van der Waals surface area contributed by atoms with Gasteiger partial charge in [0.25, 0.3) is 0 Å². The van der Waals surface area contributed by atoms with E-state index in [0.29, 0.717) is 24.8 Å². The molecule has 1 aromatic rings. The average molecular weight is 336 g/mol. The van der Waals surface area contributed by atoms with Gasteiger partial charge in [-0.05, 0) is 25.0 Å². The Labute approximate surface area is 142 Å². The molecular weight excluding hydrogens is 312 g/mol. The van der Waals surface area contributed by atoms with Crippen LogP contribution in [0.5, 0.6) is 0 Å². The normalized spacial score (nSPS) is 11.4. The Balaban J connectivity index is 2.54. The minimum absolute atomic E-state index is 0.129. The van der Waals surface area contributed by atoms with Crippen molar-refractivity contribution in [3.8, 4) is 0 Å². The minimum atomic E-state index is -0.808. The van der Waals surface area contributed by atoms with Crippen LogP contribution >= 0.6 is 0 Å². The number of rotatable bonds is 10. The summed E-state index contributed by atoms with van der Waals surface area (Å²) in [4.78, 5) is 35.0. The van der Waals surface area contributed by atoms with Crippen LogP contribution in [0.2, 0.25) is 0 Å². The maximum absolute atomic E-state index is 11.9. The van der Waals surface area contributed by atoms with E-state index in [1.807, 2.05) is 13.8 Å². The molecule has 0 N–H and O–H groups in total. The smallest absolute Gasteiger partial charge is 0.338 e. The van der Waals surface area contributed by atoms with E-state index < -0.39 is 18.0 Å². The van der Waals surface area contributed by atoms with Gasteiger partial charge in [0.05, 0.1) is 5.56 Å². The van der Waals surface area contributed by atoms with Crippen LogP contribution < -0.4 is 0 Å². The SMILES string of the molecule is CCCC(=O)OCC(COC(=O)c1ccccc1)OC(=O)CCC. The highest BCUT2D eigenvalue weighted by Gasteiger charge is 2.19. The standard InChI is InChI=1S/C18H24O6/c1-3-8-16(19)22-12-15(24-17(20)9-4-2)13-23-18(21)14-10-6-5-7-11-14/h5-7,10-11,15H,3-4,8-9,12-13H2,1-2H3. The fourth-order valence-corrected chi connectivity index (χ4v) is 1.85. The molecule has 0 aliphatic rings. The van der Waals surface area contributed by atoms with Crippen LogP contribution in [0.25, 0.3) is 0 Å². The lowest BCUT2D eigenvalue weighted by molar-refractivity contribution is -0.161. The lowest BCUT2D eigenvalue weighted by Crippen LogP contribution is -2.30. The van der Waals surface area contributed by atoms with Gasteiger partial charge >= 0.3 is 17.9 Å². The van der Waals surface area contributed by atoms with Gasteiger partial charge in [0.2, 0.25) is 0 Å². The van der Waals surface area contributed by atoms with Gasteiger partial charge in [-0.3, -0.25) is 9.59 Å². The molecule has 0 bridgehead atoms. The molecule has 0 radical (unpaired) electrons. The van der Waals surface area contributed by atoms with E-state index in [0.717, 1.165) is 0 Å². The molecule has 0 aromatic heterocycles. The van der Waals surface area contributed by atoms with Gasteiger partial charge in [0, 0.05) is 12.8 Å². The minimum Gasteiger partial charge on any atom is -0.462 e. The van der Waals surface area contributed by atoms with Crippen LogP contribution in [0, 0.1) is 0 Å². The second-order valence-electron chi connectivity index (χ2n) is 5.26. The van der Waals surface area contributed by atoms with Crippen molar-refractivity contribution < 1.29 is 28.6 Å². The zero-order chi connectivity index (χ0) is 17.8. The average Bonchev–Trinajstić information content (AvgIpc) is 2.58. The highest BCUT2D eigenvalue weighted by atomic mass is 16.6. The summed E-state index contributed by atoms with van der Waals surface area (Å²) in [7, 11) is 0. The largest absolute Gasteiger partial charge is 0.462 e. The highest BCUT2D eigenvalue weighted by Crippen LogP contribution is 2.05. The zero-order valence-corrected chi connectivity index (χ0v) is 14.2. The number of hydrogen-bond acceptors (Lipinski definition) is 6. The molecule has 0 aliphatic carbocycles. The maximum Gasteiger partial charge on any atom is 0.338 e. The van der Waals surface area contributed by atoms with Crippen molar-refractivity contribution in [1.82, 2.24) is 0 Å². The Kier molecular flexibility index (Phi) is 9.19. The van der Waals surface area contributed by atoms with Gasteiger partial charge < -0.3 is 14.2 Å². The van der Waals surface area contributed by atoms with Crippen molar-refractivity contribution in [3.63, 3.8) is 0 Å². The third-order valence-corrected chi connectivity index (χ3v) is 3.05. The first-order valence-electron chi connectivity index (χ1n) is 8.14. The summed E-state index contributed by atoms with van der Waals surface area (Å²) < 4.78 is 15.4. The molecule has 1 rings (SSSR count). The molecule has 0 heterocycles. The van der Waals surface area contributed by atoms with E-state index in [9.17, 15) is 14.4 Å². The first kappa shape index (κ1) is 19.7. The lowest BCUT2D eigenvalue weighted by atomic mass is 10.2. The van der Waals surface area contributed by atoms with E-state index >= 15 is 0 Å². The molecular formula is C18H24O6. The highest BCUT2D eigenvalue weighted by molar-refractivity contribution is 5.89. The molecule has 0 spiro atoms. The lowest BCUT2D eigenvalue weighted by Gasteiger charge is -2.18. The van der Waals surface area contributed by atoms with E-state index in [-0.39, 0.29) is 25.6 Å². The molecule has 1 aromatic carbocycles. The molecule has 24 heavy (non-hydrogen) atoms. The van der Waals surface area contributed by atoms with Crippen LogP contribution in [-0.2, 0) is 23.8 Å². The number of ether oxygens (including phenoxy) is 3. The molecule has 0 saturated heterocycles. The summed E-state index contributed by atoms with van der Waals surface area (Å²) in [6.07, 6.45) is 1.05. The van der Waals surface area contributed by atoms with Crippen LogP contribution in [0.1, 0.15) is 49.9 Å². The third kappa shape index (κ3) is 7.76. The monoisotopic (exact) mass is 336 g/mol. The Morgan fingerprint density at radius 1 is 0.875 bits per heavy atom. The number of carbonyl (C=O) groups is 3. The summed E-state index contributed by atoms with van der Waals surface area (Å²) in [5.41, 5.74) is 0.402. The number of hydrogen-bond donors (Lipinski definition) is 0. The van der Waals surface area contributed by atoms with Gasteiger partial charge in [-0.2, -0.15) is 0 Å². The summed E-state index contributed by atoms with van der Waals surface area (Å²) in [5, 5.41) is 0. The summed E-state index contributed by atoms with van der Waals surface area (Å²) in [5.74, 6) is -1.31. The van der Waals surface area contributed by atoms with E-state index in [1.54, 1.807) is 30.3 Å². The predicted molar refractivity (Wildman–Crippen MR) is 87.4 cm³/mol. The molecule has 6 heteroatoms. The Bertz CT molecular complexity index is 526. The molecule has 1 unspecified atom stereocenters. The molecule has 6 nitrogen and oxygen atoms in total. The van der Waals surface area contributed by atoms with E-state index in [4.69, 9.17) is 14.2 Å². The summed E-state index contributed by atoms with van der Waals surface area (Å²) in [6, 6.07) is 8.49. The van der Waals surface area contributed by atoms with E-state index in [1.165, 1.54) is 0 Å². The Hall–Kier alpha value is -2.37. The molecule has 0 amide bonds.